The Kier molecular flexibility index (Phi) is 22.1. The fourth-order valence-corrected chi connectivity index (χ4v) is 9.36. The van der Waals surface area contributed by atoms with Gasteiger partial charge in [0, 0.05) is 66.4 Å². The molecule has 67 heavy (non-hydrogen) atoms. The van der Waals surface area contributed by atoms with E-state index in [1.807, 2.05) is 71.9 Å². The molecule has 1 fully saturated rings. The number of hydrogen-bond donors (Lipinski definition) is 4. The molecule has 1 aromatic carbocycles. The number of unbranched alkanes of at least 4 members (excludes halogenated alkanes) is 2. The highest BCUT2D eigenvalue weighted by Gasteiger charge is 2.60. The van der Waals surface area contributed by atoms with Crippen LogP contribution in [0.5, 0.6) is 0 Å². The molecule has 17 heteroatoms. The van der Waals surface area contributed by atoms with Crippen molar-refractivity contribution in [1.82, 2.24) is 30.7 Å². The van der Waals surface area contributed by atoms with Crippen molar-refractivity contribution in [3.8, 4) is 0 Å². The van der Waals surface area contributed by atoms with Crippen molar-refractivity contribution in [3.05, 3.63) is 48.0 Å². The van der Waals surface area contributed by atoms with E-state index < -0.39 is 53.7 Å². The second-order valence-electron chi connectivity index (χ2n) is 19.1. The van der Waals surface area contributed by atoms with Gasteiger partial charge < -0.3 is 40.3 Å². The van der Waals surface area contributed by atoms with Gasteiger partial charge in [0.05, 0.1) is 30.1 Å². The molecule has 1 aliphatic heterocycles. The molecule has 1 heterocycles. The first kappa shape index (κ1) is 56.2. The number of methoxy groups -OCH3 is 2. The summed E-state index contributed by atoms with van der Waals surface area (Å²) in [6.07, 6.45) is 6.40. The molecule has 1 saturated carbocycles. The number of carboxylic acids is 1. The van der Waals surface area contributed by atoms with Crippen molar-refractivity contribution in [3.63, 3.8) is 0 Å². The molecule has 374 valence electrons. The quantitative estimate of drug-likeness (QED) is 0.0635. The Morgan fingerprint density at radius 1 is 0.851 bits per heavy atom. The van der Waals surface area contributed by atoms with Crippen LogP contribution in [0.3, 0.4) is 0 Å². The molecule has 1 aliphatic carbocycles. The summed E-state index contributed by atoms with van der Waals surface area (Å²) in [4.78, 5) is 108. The van der Waals surface area contributed by atoms with E-state index in [9.17, 15) is 43.5 Å². The predicted molar refractivity (Wildman–Crippen MR) is 253 cm³/mol. The third kappa shape index (κ3) is 15.4. The normalized spacial score (nSPS) is 19.8. The first-order chi connectivity index (χ1) is 31.6. The molecule has 3 rings (SSSR count). The van der Waals surface area contributed by atoms with Crippen molar-refractivity contribution in [2.24, 2.45) is 29.6 Å². The van der Waals surface area contributed by atoms with Crippen molar-refractivity contribution in [2.45, 2.75) is 149 Å². The third-order valence-electron chi connectivity index (χ3n) is 13.8. The smallest absolute Gasteiger partial charge is 0.326 e. The molecule has 0 radical (unpaired) electrons. The molecule has 0 spiro atoms. The van der Waals surface area contributed by atoms with E-state index in [1.165, 1.54) is 29.1 Å². The zero-order valence-corrected chi connectivity index (χ0v) is 41.7. The topological polar surface area (TPSA) is 221 Å². The van der Waals surface area contributed by atoms with E-state index >= 15 is 0 Å². The minimum absolute atomic E-state index is 0.0216. The lowest BCUT2D eigenvalue weighted by Gasteiger charge is -2.40. The van der Waals surface area contributed by atoms with Gasteiger partial charge in [-0.3, -0.25) is 38.5 Å². The fraction of sp³-hybridized carbons (Fsp3) is 0.680. The number of carboxylic acid groups (broad SMARTS) is 1. The lowest BCUT2D eigenvalue weighted by molar-refractivity contribution is -0.146. The van der Waals surface area contributed by atoms with Gasteiger partial charge in [0.15, 0.2) is 0 Å². The summed E-state index contributed by atoms with van der Waals surface area (Å²) >= 11 is 0. The van der Waals surface area contributed by atoms with Gasteiger partial charge in [-0.05, 0) is 61.3 Å². The first-order valence-corrected chi connectivity index (χ1v) is 23.9. The van der Waals surface area contributed by atoms with Crippen LogP contribution in [-0.4, -0.2) is 144 Å². The Morgan fingerprint density at radius 2 is 1.49 bits per heavy atom. The van der Waals surface area contributed by atoms with E-state index in [1.54, 1.807) is 33.0 Å². The summed E-state index contributed by atoms with van der Waals surface area (Å²) in [5, 5.41) is 18.5. The fourth-order valence-electron chi connectivity index (χ4n) is 9.36. The molecular weight excluding hydrogens is 861 g/mol. The molecule has 17 nitrogen and oxygen atoms in total. The summed E-state index contributed by atoms with van der Waals surface area (Å²) in [5.74, 6) is -4.70. The summed E-state index contributed by atoms with van der Waals surface area (Å²) < 4.78 is 11.8. The second kappa shape index (κ2) is 26.4. The Balaban J connectivity index is 1.56. The van der Waals surface area contributed by atoms with Crippen LogP contribution in [0.1, 0.15) is 112 Å². The number of nitrogens with one attached hydrogen (secondary N) is 3. The molecule has 0 saturated heterocycles. The monoisotopic (exact) mass is 939 g/mol. The predicted octanol–water partition coefficient (Wildman–Crippen LogP) is 4.12. The highest BCUT2D eigenvalue weighted by Crippen LogP contribution is 2.54. The molecule has 2 aliphatic rings. The van der Waals surface area contributed by atoms with Crippen LogP contribution in [0.4, 0.5) is 0 Å². The van der Waals surface area contributed by atoms with Gasteiger partial charge >= 0.3 is 5.97 Å². The molecule has 7 amide bonds. The molecule has 0 bridgehead atoms. The number of likely N-dealkylation sites (N-methyl/N-ethyl adjacent to an activating group) is 2. The van der Waals surface area contributed by atoms with Crippen LogP contribution in [0.2, 0.25) is 0 Å². The van der Waals surface area contributed by atoms with E-state index in [0.717, 1.165) is 5.56 Å². The van der Waals surface area contributed by atoms with Crippen LogP contribution in [-0.2, 0) is 54.3 Å². The van der Waals surface area contributed by atoms with Crippen LogP contribution in [0, 0.1) is 29.6 Å². The van der Waals surface area contributed by atoms with Crippen LogP contribution in [0.25, 0.3) is 0 Å². The van der Waals surface area contributed by atoms with Crippen LogP contribution >= 0.6 is 0 Å². The van der Waals surface area contributed by atoms with Gasteiger partial charge in [0.2, 0.25) is 29.5 Å². The third-order valence-corrected chi connectivity index (χ3v) is 13.8. The standard InChI is InChI=1S/C50H78N6O11/c1-12-33(6)45(55(9)48(63)43(31(2)3)53-47(62)44(32(4)5)54(8)40(58)23-17-14-18-27-56-41(59)24-25-42(56)60)38(66-10)29-39(57)51-26-19-22-36-30-50(36,67-11)34(7)46(61)52-37(49(64)65)28-35-20-15-13-16-21-35/h13,15-16,20-21,24-25,31-34,36-38,43-45H,12,14,17-19,22-23,26-30H2,1-11H3,(H,51,57)(H,52,61)(H,53,62)(H,64,65)/t33-,34-,36+,37+,38+,43-,44-,45-,50+/m0/s1. The maximum Gasteiger partial charge on any atom is 0.326 e. The first-order valence-electron chi connectivity index (χ1n) is 23.9. The number of carbonyl (C=O) groups excluding carboxylic acids is 7. The number of benzene rings is 1. The van der Waals surface area contributed by atoms with Crippen molar-refractivity contribution < 1.29 is 52.9 Å². The van der Waals surface area contributed by atoms with Gasteiger partial charge in [-0.2, -0.15) is 0 Å². The molecule has 0 unspecified atom stereocenters. The number of ether oxygens (including phenoxy) is 2. The Hall–Kier alpha value is -5.16. The number of hydrogen-bond acceptors (Lipinski definition) is 10. The van der Waals surface area contributed by atoms with Gasteiger partial charge in [0.1, 0.15) is 18.1 Å². The summed E-state index contributed by atoms with van der Waals surface area (Å²) in [6, 6.07) is 5.73. The Labute approximate surface area is 397 Å². The lowest BCUT2D eigenvalue weighted by Crippen LogP contribution is -2.60. The number of imide groups is 1. The van der Waals surface area contributed by atoms with Crippen LogP contribution in [0.15, 0.2) is 42.5 Å². The number of carbonyl (C=O) groups is 8. The molecule has 4 N–H and O–H groups in total. The Bertz CT molecular complexity index is 1870. The van der Waals surface area contributed by atoms with Crippen molar-refractivity contribution in [1.29, 1.82) is 0 Å². The van der Waals surface area contributed by atoms with Gasteiger partial charge in [-0.15, -0.1) is 0 Å². The van der Waals surface area contributed by atoms with Crippen molar-refractivity contribution >= 4 is 47.3 Å². The largest absolute Gasteiger partial charge is 0.480 e. The van der Waals surface area contributed by atoms with Crippen LogP contribution < -0.4 is 16.0 Å². The second-order valence-corrected chi connectivity index (χ2v) is 19.1. The summed E-state index contributed by atoms with van der Waals surface area (Å²) in [6.45, 7) is 13.7. The van der Waals surface area contributed by atoms with Gasteiger partial charge in [0.25, 0.3) is 11.8 Å². The van der Waals surface area contributed by atoms with E-state index in [2.05, 4.69) is 16.0 Å². The number of amides is 7. The zero-order chi connectivity index (χ0) is 50.2. The SMILES string of the molecule is CC[C@H](C)[C@@H]([C@@H](CC(=O)NCCC[C@@H]1C[C@@]1(OC)[C@@H](C)C(=O)N[C@H](Cc1ccccc1)C(=O)O)OC)N(C)C(=O)[C@@H](NC(=O)[C@H](C(C)C)N(C)C(=O)CCCCCN1C(=O)C=CC1=O)C(C)C. The highest BCUT2D eigenvalue weighted by atomic mass is 16.5. The Morgan fingerprint density at radius 3 is 2.04 bits per heavy atom. The minimum Gasteiger partial charge on any atom is -0.480 e. The van der Waals surface area contributed by atoms with E-state index in [0.29, 0.717) is 51.5 Å². The molecule has 0 aromatic heterocycles. The molecular formula is C50H78N6O11. The number of rotatable bonds is 30. The van der Waals surface area contributed by atoms with Gasteiger partial charge in [-0.1, -0.05) is 91.6 Å². The van der Waals surface area contributed by atoms with Gasteiger partial charge in [-0.25, -0.2) is 4.79 Å². The lowest BCUT2D eigenvalue weighted by atomic mass is 9.89. The maximum atomic E-state index is 14.4. The molecule has 1 aromatic rings. The number of nitrogens with zero attached hydrogens (tertiary/aromatic N) is 3. The molecule has 9 atom stereocenters. The summed E-state index contributed by atoms with van der Waals surface area (Å²) in [7, 11) is 6.32. The highest BCUT2D eigenvalue weighted by molar-refractivity contribution is 6.12. The summed E-state index contributed by atoms with van der Waals surface area (Å²) in [5.41, 5.74) is 0.0674. The minimum atomic E-state index is -1.11. The average Bonchev–Trinajstić information content (AvgIpc) is 3.93. The maximum absolute atomic E-state index is 14.4. The zero-order valence-electron chi connectivity index (χ0n) is 41.7. The van der Waals surface area contributed by atoms with Crippen molar-refractivity contribution in [2.75, 3.05) is 41.4 Å². The number of aliphatic carboxylic acids is 1. The average molecular weight is 939 g/mol. The van der Waals surface area contributed by atoms with E-state index in [-0.39, 0.29) is 84.9 Å². The van der Waals surface area contributed by atoms with E-state index in [4.69, 9.17) is 9.47 Å².